The Balaban J connectivity index is 2.10. The van der Waals surface area contributed by atoms with E-state index in [9.17, 15) is 0 Å². The lowest BCUT2D eigenvalue weighted by atomic mass is 9.94. The Morgan fingerprint density at radius 1 is 1.46 bits per heavy atom. The zero-order valence-corrected chi connectivity index (χ0v) is 9.52. The van der Waals surface area contributed by atoms with Gasteiger partial charge in [-0.15, -0.1) is 11.6 Å². The first-order valence-corrected chi connectivity index (χ1v) is 5.85. The van der Waals surface area contributed by atoms with Crippen molar-refractivity contribution in [3.63, 3.8) is 0 Å². The van der Waals surface area contributed by atoms with Gasteiger partial charge in [0.15, 0.2) is 0 Å². The molecule has 13 heavy (non-hydrogen) atoms. The third-order valence-corrected chi connectivity index (χ3v) is 3.55. The van der Waals surface area contributed by atoms with E-state index < -0.39 is 0 Å². The predicted molar refractivity (Wildman–Crippen MR) is 57.3 cm³/mol. The molecule has 1 heterocycles. The highest BCUT2D eigenvalue weighted by Gasteiger charge is 2.16. The molecule has 1 saturated heterocycles. The summed E-state index contributed by atoms with van der Waals surface area (Å²) in [6.07, 6.45) is 4.96. The first-order valence-electron chi connectivity index (χ1n) is 5.42. The molecule has 0 aromatic rings. The summed E-state index contributed by atoms with van der Waals surface area (Å²) in [7, 11) is 0. The van der Waals surface area contributed by atoms with Gasteiger partial charge in [0, 0.05) is 18.6 Å². The van der Waals surface area contributed by atoms with Gasteiger partial charge >= 0.3 is 0 Å². The van der Waals surface area contributed by atoms with E-state index in [1.807, 2.05) is 0 Å². The number of hydrogen-bond acceptors (Lipinski definition) is 1. The predicted octanol–water partition coefficient (Wildman–Crippen LogP) is 3.46. The van der Waals surface area contributed by atoms with Crippen molar-refractivity contribution in [3.05, 3.63) is 0 Å². The van der Waals surface area contributed by atoms with Crippen molar-refractivity contribution in [3.8, 4) is 0 Å². The van der Waals surface area contributed by atoms with Gasteiger partial charge in [0.25, 0.3) is 0 Å². The summed E-state index contributed by atoms with van der Waals surface area (Å²) in [6, 6.07) is 0. The Morgan fingerprint density at radius 3 is 2.77 bits per heavy atom. The molecule has 1 nitrogen and oxygen atoms in total. The molecule has 0 aliphatic carbocycles. The minimum atomic E-state index is 0.349. The number of halogens is 1. The molecule has 1 aliphatic heterocycles. The number of ether oxygens (including phenoxy) is 1. The zero-order valence-electron chi connectivity index (χ0n) is 8.76. The molecule has 1 fully saturated rings. The zero-order chi connectivity index (χ0) is 9.68. The second kappa shape index (κ2) is 5.87. The van der Waals surface area contributed by atoms with E-state index in [0.29, 0.717) is 11.3 Å². The molecule has 0 spiro atoms. The second-order valence-electron chi connectivity index (χ2n) is 4.42. The van der Waals surface area contributed by atoms with Gasteiger partial charge in [0.05, 0.1) is 0 Å². The molecular formula is C11H21ClO. The van der Waals surface area contributed by atoms with Crippen LogP contribution in [0.25, 0.3) is 0 Å². The Labute approximate surface area is 86.8 Å². The number of hydrogen-bond donors (Lipinski definition) is 0. The van der Waals surface area contributed by atoms with Crippen LogP contribution in [0.3, 0.4) is 0 Å². The normalized spacial score (nSPS) is 26.3. The highest BCUT2D eigenvalue weighted by molar-refractivity contribution is 6.20. The van der Waals surface area contributed by atoms with Crippen molar-refractivity contribution < 1.29 is 4.74 Å². The van der Waals surface area contributed by atoms with Gasteiger partial charge < -0.3 is 4.74 Å². The van der Waals surface area contributed by atoms with Gasteiger partial charge in [-0.3, -0.25) is 0 Å². The van der Waals surface area contributed by atoms with Crippen LogP contribution in [-0.2, 0) is 4.74 Å². The van der Waals surface area contributed by atoms with Crippen molar-refractivity contribution in [2.75, 3.05) is 13.2 Å². The largest absolute Gasteiger partial charge is 0.381 e. The quantitative estimate of drug-likeness (QED) is 0.638. The molecular weight excluding hydrogens is 184 g/mol. The van der Waals surface area contributed by atoms with E-state index in [4.69, 9.17) is 16.3 Å². The molecule has 0 bridgehead atoms. The topological polar surface area (TPSA) is 9.23 Å². The van der Waals surface area contributed by atoms with Crippen LogP contribution in [-0.4, -0.2) is 18.6 Å². The van der Waals surface area contributed by atoms with E-state index in [0.717, 1.165) is 25.6 Å². The minimum Gasteiger partial charge on any atom is -0.381 e. The second-order valence-corrected chi connectivity index (χ2v) is 4.98. The Morgan fingerprint density at radius 2 is 2.23 bits per heavy atom. The van der Waals surface area contributed by atoms with Crippen molar-refractivity contribution in [2.24, 2.45) is 11.8 Å². The highest BCUT2D eigenvalue weighted by Crippen LogP contribution is 2.23. The van der Waals surface area contributed by atoms with Crippen LogP contribution in [0, 0.1) is 11.8 Å². The van der Waals surface area contributed by atoms with Crippen molar-refractivity contribution >= 4 is 11.6 Å². The van der Waals surface area contributed by atoms with Gasteiger partial charge in [0.1, 0.15) is 0 Å². The summed E-state index contributed by atoms with van der Waals surface area (Å²) in [5, 5.41) is 0.349. The summed E-state index contributed by atoms with van der Waals surface area (Å²) < 4.78 is 5.43. The number of rotatable bonds is 4. The smallest absolute Gasteiger partial charge is 0.0494 e. The average molecular weight is 205 g/mol. The molecule has 0 amide bonds. The SMILES string of the molecule is CC(C)C(Cl)CCC1CCCOC1. The summed E-state index contributed by atoms with van der Waals surface area (Å²) in [5.41, 5.74) is 0. The standard InChI is InChI=1S/C11H21ClO/c1-9(2)11(12)6-5-10-4-3-7-13-8-10/h9-11H,3-8H2,1-2H3. The molecule has 0 saturated carbocycles. The lowest BCUT2D eigenvalue weighted by Crippen LogP contribution is -2.19. The van der Waals surface area contributed by atoms with E-state index in [1.54, 1.807) is 0 Å². The first kappa shape index (κ1) is 11.3. The molecule has 2 unspecified atom stereocenters. The maximum atomic E-state index is 6.19. The Hall–Kier alpha value is 0.250. The molecule has 1 aliphatic rings. The Kier molecular flexibility index (Phi) is 5.12. The molecule has 2 atom stereocenters. The van der Waals surface area contributed by atoms with Crippen molar-refractivity contribution in [2.45, 2.75) is 44.9 Å². The summed E-state index contributed by atoms with van der Waals surface area (Å²) in [6.45, 7) is 6.30. The van der Waals surface area contributed by atoms with Crippen LogP contribution in [0.5, 0.6) is 0 Å². The Bertz CT molecular complexity index is 130. The van der Waals surface area contributed by atoms with Crippen LogP contribution >= 0.6 is 11.6 Å². The van der Waals surface area contributed by atoms with Crippen LogP contribution in [0.4, 0.5) is 0 Å². The van der Waals surface area contributed by atoms with Crippen LogP contribution in [0.15, 0.2) is 0 Å². The lowest BCUT2D eigenvalue weighted by molar-refractivity contribution is 0.0505. The lowest BCUT2D eigenvalue weighted by Gasteiger charge is -2.23. The molecule has 0 aromatic carbocycles. The monoisotopic (exact) mass is 204 g/mol. The summed E-state index contributed by atoms with van der Waals surface area (Å²) >= 11 is 6.19. The van der Waals surface area contributed by atoms with Crippen LogP contribution in [0.2, 0.25) is 0 Å². The fourth-order valence-corrected chi connectivity index (χ4v) is 1.89. The molecule has 0 aromatic heterocycles. The number of alkyl halides is 1. The molecule has 2 heteroatoms. The third-order valence-electron chi connectivity index (χ3n) is 2.83. The first-order chi connectivity index (χ1) is 6.20. The van der Waals surface area contributed by atoms with E-state index in [1.165, 1.54) is 19.3 Å². The van der Waals surface area contributed by atoms with Gasteiger partial charge in [-0.1, -0.05) is 13.8 Å². The van der Waals surface area contributed by atoms with Gasteiger partial charge in [-0.25, -0.2) is 0 Å². The molecule has 1 rings (SSSR count). The summed E-state index contributed by atoms with van der Waals surface area (Å²) in [5.74, 6) is 1.37. The van der Waals surface area contributed by atoms with E-state index in [-0.39, 0.29) is 0 Å². The van der Waals surface area contributed by atoms with E-state index in [2.05, 4.69) is 13.8 Å². The molecule has 78 valence electrons. The third kappa shape index (κ3) is 4.33. The maximum absolute atomic E-state index is 6.19. The highest BCUT2D eigenvalue weighted by atomic mass is 35.5. The molecule has 0 N–H and O–H groups in total. The minimum absolute atomic E-state index is 0.349. The fourth-order valence-electron chi connectivity index (χ4n) is 1.76. The van der Waals surface area contributed by atoms with Crippen LogP contribution in [0.1, 0.15) is 39.5 Å². The summed E-state index contributed by atoms with van der Waals surface area (Å²) in [4.78, 5) is 0. The van der Waals surface area contributed by atoms with Gasteiger partial charge in [0.2, 0.25) is 0 Å². The van der Waals surface area contributed by atoms with Gasteiger partial charge in [-0.2, -0.15) is 0 Å². The van der Waals surface area contributed by atoms with Crippen molar-refractivity contribution in [1.82, 2.24) is 0 Å². The average Bonchev–Trinajstić information content (AvgIpc) is 2.15. The maximum Gasteiger partial charge on any atom is 0.0494 e. The fraction of sp³-hybridized carbons (Fsp3) is 1.00. The molecule has 0 radical (unpaired) electrons. The van der Waals surface area contributed by atoms with Gasteiger partial charge in [-0.05, 0) is 37.5 Å². The van der Waals surface area contributed by atoms with E-state index >= 15 is 0 Å². The van der Waals surface area contributed by atoms with Crippen LogP contribution < -0.4 is 0 Å². The van der Waals surface area contributed by atoms with Crippen molar-refractivity contribution in [1.29, 1.82) is 0 Å².